The van der Waals surface area contributed by atoms with E-state index in [0.29, 0.717) is 28.9 Å². The van der Waals surface area contributed by atoms with Crippen molar-refractivity contribution in [2.24, 2.45) is 5.92 Å². The SMILES string of the molecule is CC1CCCN(c2ncnc(NNC(=O)c3ccccn3)c2N)C1. The summed E-state index contributed by atoms with van der Waals surface area (Å²) in [5.41, 5.74) is 12.2. The Hall–Kier alpha value is -2.90. The number of piperidine rings is 1. The van der Waals surface area contributed by atoms with Gasteiger partial charge in [-0.2, -0.15) is 0 Å². The molecule has 3 rings (SSSR count). The molecule has 4 N–H and O–H groups in total. The van der Waals surface area contributed by atoms with Gasteiger partial charge in [-0.25, -0.2) is 9.97 Å². The van der Waals surface area contributed by atoms with Crippen molar-refractivity contribution < 1.29 is 4.79 Å². The van der Waals surface area contributed by atoms with Gasteiger partial charge in [-0.15, -0.1) is 0 Å². The minimum atomic E-state index is -0.359. The Bertz CT molecular complexity index is 707. The van der Waals surface area contributed by atoms with Crippen LogP contribution in [0.3, 0.4) is 0 Å². The van der Waals surface area contributed by atoms with E-state index < -0.39 is 0 Å². The van der Waals surface area contributed by atoms with E-state index in [2.05, 4.69) is 37.6 Å². The summed E-state index contributed by atoms with van der Waals surface area (Å²) in [6.45, 7) is 4.06. The highest BCUT2D eigenvalue weighted by Gasteiger charge is 2.21. The van der Waals surface area contributed by atoms with E-state index in [9.17, 15) is 4.79 Å². The van der Waals surface area contributed by atoms with Crippen LogP contribution in [0.2, 0.25) is 0 Å². The molecule has 1 unspecified atom stereocenters. The summed E-state index contributed by atoms with van der Waals surface area (Å²) >= 11 is 0. The second-order valence-electron chi connectivity index (χ2n) is 5.95. The van der Waals surface area contributed by atoms with Crippen molar-refractivity contribution in [1.29, 1.82) is 0 Å². The number of nitrogens with two attached hydrogens (primary N) is 1. The molecule has 1 saturated heterocycles. The fourth-order valence-electron chi connectivity index (χ4n) is 2.80. The number of carbonyl (C=O) groups is 1. The van der Waals surface area contributed by atoms with E-state index in [-0.39, 0.29) is 5.91 Å². The first-order chi connectivity index (χ1) is 11.6. The maximum absolute atomic E-state index is 12.0. The normalized spacial score (nSPS) is 17.4. The highest BCUT2D eigenvalue weighted by Crippen LogP contribution is 2.29. The molecule has 3 heterocycles. The second kappa shape index (κ2) is 7.12. The maximum Gasteiger partial charge on any atom is 0.288 e. The van der Waals surface area contributed by atoms with Crippen LogP contribution in [0.25, 0.3) is 0 Å². The van der Waals surface area contributed by atoms with Crippen molar-refractivity contribution in [3.05, 3.63) is 36.4 Å². The molecule has 8 heteroatoms. The van der Waals surface area contributed by atoms with E-state index in [0.717, 1.165) is 19.5 Å². The molecule has 0 aliphatic carbocycles. The van der Waals surface area contributed by atoms with Gasteiger partial charge in [-0.3, -0.25) is 20.6 Å². The summed E-state index contributed by atoms with van der Waals surface area (Å²) < 4.78 is 0. The lowest BCUT2D eigenvalue weighted by atomic mass is 10.0. The minimum Gasteiger partial charge on any atom is -0.393 e. The first-order valence-electron chi connectivity index (χ1n) is 7.98. The van der Waals surface area contributed by atoms with E-state index in [1.165, 1.54) is 12.7 Å². The van der Waals surface area contributed by atoms with Gasteiger partial charge < -0.3 is 10.6 Å². The first kappa shape index (κ1) is 16.0. The summed E-state index contributed by atoms with van der Waals surface area (Å²) in [7, 11) is 0. The van der Waals surface area contributed by atoms with E-state index in [4.69, 9.17) is 5.73 Å². The Labute approximate surface area is 140 Å². The fourth-order valence-corrected chi connectivity index (χ4v) is 2.80. The van der Waals surface area contributed by atoms with Crippen LogP contribution in [0.1, 0.15) is 30.3 Å². The molecule has 24 heavy (non-hydrogen) atoms. The average molecular weight is 327 g/mol. The number of anilines is 3. The lowest BCUT2D eigenvalue weighted by Crippen LogP contribution is -2.36. The number of hydrazine groups is 1. The van der Waals surface area contributed by atoms with Crippen LogP contribution in [0.5, 0.6) is 0 Å². The first-order valence-corrected chi connectivity index (χ1v) is 7.98. The van der Waals surface area contributed by atoms with Crippen LogP contribution < -0.4 is 21.5 Å². The van der Waals surface area contributed by atoms with Crippen molar-refractivity contribution in [3.63, 3.8) is 0 Å². The standard InChI is InChI=1S/C16H21N7O/c1-11-5-4-8-23(9-11)15-13(17)14(19-10-20-15)21-22-16(24)12-6-2-3-7-18-12/h2-3,6-7,10-11H,4-5,8-9,17H2,1H3,(H,22,24)(H,19,20,21). The number of nitrogen functional groups attached to an aromatic ring is 1. The number of rotatable bonds is 4. The summed E-state index contributed by atoms with van der Waals surface area (Å²) in [6.07, 6.45) is 5.33. The highest BCUT2D eigenvalue weighted by atomic mass is 16.2. The Morgan fingerprint density at radius 2 is 2.21 bits per heavy atom. The molecule has 1 aliphatic rings. The minimum absolute atomic E-state index is 0.308. The summed E-state index contributed by atoms with van der Waals surface area (Å²) in [6, 6.07) is 5.12. The molecule has 2 aromatic rings. The zero-order valence-electron chi connectivity index (χ0n) is 13.6. The van der Waals surface area contributed by atoms with Gasteiger partial charge in [0.25, 0.3) is 5.91 Å². The van der Waals surface area contributed by atoms with Crippen molar-refractivity contribution >= 4 is 23.2 Å². The maximum atomic E-state index is 12.0. The lowest BCUT2D eigenvalue weighted by Gasteiger charge is -2.32. The van der Waals surface area contributed by atoms with Crippen molar-refractivity contribution in [1.82, 2.24) is 20.4 Å². The van der Waals surface area contributed by atoms with E-state index >= 15 is 0 Å². The quantitative estimate of drug-likeness (QED) is 0.729. The average Bonchev–Trinajstić information content (AvgIpc) is 2.61. The smallest absolute Gasteiger partial charge is 0.288 e. The summed E-state index contributed by atoms with van der Waals surface area (Å²) in [5.74, 6) is 1.32. The molecule has 1 amide bonds. The molecule has 8 nitrogen and oxygen atoms in total. The van der Waals surface area contributed by atoms with Gasteiger partial charge in [0.1, 0.15) is 17.7 Å². The highest BCUT2D eigenvalue weighted by molar-refractivity contribution is 5.93. The number of pyridine rings is 1. The largest absolute Gasteiger partial charge is 0.393 e. The van der Waals surface area contributed by atoms with Gasteiger partial charge in [-0.05, 0) is 30.9 Å². The monoisotopic (exact) mass is 327 g/mol. The third-order valence-corrected chi connectivity index (χ3v) is 4.01. The van der Waals surface area contributed by atoms with Gasteiger partial charge in [0.05, 0.1) is 0 Å². The van der Waals surface area contributed by atoms with Crippen LogP contribution >= 0.6 is 0 Å². The molecule has 1 fully saturated rings. The molecule has 1 aliphatic heterocycles. The zero-order chi connectivity index (χ0) is 16.9. The van der Waals surface area contributed by atoms with E-state index in [1.807, 2.05) is 0 Å². The molecule has 0 radical (unpaired) electrons. The summed E-state index contributed by atoms with van der Waals surface area (Å²) in [5, 5.41) is 0. The number of amides is 1. The molecule has 2 aromatic heterocycles. The predicted molar refractivity (Wildman–Crippen MR) is 92.4 cm³/mol. The third kappa shape index (κ3) is 3.53. The number of hydrogen-bond donors (Lipinski definition) is 3. The number of carbonyl (C=O) groups excluding carboxylic acids is 1. The predicted octanol–water partition coefficient (Wildman–Crippen LogP) is 1.45. The third-order valence-electron chi connectivity index (χ3n) is 4.01. The summed E-state index contributed by atoms with van der Waals surface area (Å²) in [4.78, 5) is 26.6. The molecule has 0 spiro atoms. The topological polar surface area (TPSA) is 109 Å². The van der Waals surface area contributed by atoms with Crippen molar-refractivity contribution in [3.8, 4) is 0 Å². The Balaban J connectivity index is 1.70. The molecule has 0 saturated carbocycles. The number of nitrogens with one attached hydrogen (secondary N) is 2. The Kier molecular flexibility index (Phi) is 4.74. The molecular formula is C16H21N7O. The Morgan fingerprint density at radius 3 is 2.96 bits per heavy atom. The van der Waals surface area contributed by atoms with Gasteiger partial charge in [0, 0.05) is 19.3 Å². The second-order valence-corrected chi connectivity index (χ2v) is 5.95. The molecule has 0 bridgehead atoms. The van der Waals surface area contributed by atoms with Crippen molar-refractivity contribution in [2.45, 2.75) is 19.8 Å². The number of hydrogen-bond acceptors (Lipinski definition) is 7. The van der Waals surface area contributed by atoms with Crippen LogP contribution in [-0.2, 0) is 0 Å². The van der Waals surface area contributed by atoms with Gasteiger partial charge in [-0.1, -0.05) is 13.0 Å². The fraction of sp³-hybridized carbons (Fsp3) is 0.375. The Morgan fingerprint density at radius 1 is 1.33 bits per heavy atom. The van der Waals surface area contributed by atoms with E-state index in [1.54, 1.807) is 24.4 Å². The zero-order valence-corrected chi connectivity index (χ0v) is 13.6. The number of nitrogens with zero attached hydrogens (tertiary/aromatic N) is 4. The van der Waals surface area contributed by atoms with Crippen LogP contribution in [0, 0.1) is 5.92 Å². The molecule has 126 valence electrons. The molecule has 1 atom stereocenters. The number of aromatic nitrogens is 3. The molecule has 0 aromatic carbocycles. The van der Waals surface area contributed by atoms with Crippen LogP contribution in [0.4, 0.5) is 17.3 Å². The van der Waals surface area contributed by atoms with Gasteiger partial charge in [0.2, 0.25) is 0 Å². The van der Waals surface area contributed by atoms with Crippen LogP contribution in [0.15, 0.2) is 30.7 Å². The van der Waals surface area contributed by atoms with Crippen molar-refractivity contribution in [2.75, 3.05) is 29.1 Å². The van der Waals surface area contributed by atoms with Gasteiger partial charge >= 0.3 is 0 Å². The molecular weight excluding hydrogens is 306 g/mol. The van der Waals surface area contributed by atoms with Crippen LogP contribution in [-0.4, -0.2) is 33.9 Å². The van der Waals surface area contributed by atoms with Gasteiger partial charge in [0.15, 0.2) is 11.6 Å². The lowest BCUT2D eigenvalue weighted by molar-refractivity contribution is 0.0957.